The van der Waals surface area contributed by atoms with Crippen molar-refractivity contribution < 1.29 is 4.74 Å². The van der Waals surface area contributed by atoms with Crippen LogP contribution >= 0.6 is 0 Å². The molecule has 0 aromatic heterocycles. The Balaban J connectivity index is 2.26. The molecule has 1 heteroatoms. The molecule has 0 unspecified atom stereocenters. The second-order valence-electron chi connectivity index (χ2n) is 4.18. The predicted molar refractivity (Wildman–Crippen MR) is 70.1 cm³/mol. The van der Waals surface area contributed by atoms with Crippen molar-refractivity contribution in [3.63, 3.8) is 0 Å². The number of ether oxygens (including phenoxy) is 1. The van der Waals surface area contributed by atoms with E-state index in [0.29, 0.717) is 0 Å². The highest BCUT2D eigenvalue weighted by Crippen LogP contribution is 2.20. The summed E-state index contributed by atoms with van der Waals surface area (Å²) >= 11 is 0. The van der Waals surface area contributed by atoms with Gasteiger partial charge in [0.2, 0.25) is 0 Å². The van der Waals surface area contributed by atoms with Crippen molar-refractivity contribution in [3.8, 4) is 5.75 Å². The lowest BCUT2D eigenvalue weighted by Gasteiger charge is -2.10. The molecule has 0 aliphatic heterocycles. The Kier molecular flexibility index (Phi) is 5.69. The Morgan fingerprint density at radius 1 is 1.19 bits per heavy atom. The van der Waals surface area contributed by atoms with Gasteiger partial charge < -0.3 is 4.74 Å². The molecule has 0 saturated heterocycles. The summed E-state index contributed by atoms with van der Waals surface area (Å²) in [6.45, 7) is 8.77. The van der Waals surface area contributed by atoms with Crippen LogP contribution in [0, 0.1) is 13.8 Å². The van der Waals surface area contributed by atoms with E-state index in [9.17, 15) is 0 Å². The minimum absolute atomic E-state index is 0.821. The highest BCUT2D eigenvalue weighted by Gasteiger charge is 2.00. The van der Waals surface area contributed by atoms with Gasteiger partial charge in [-0.25, -0.2) is 0 Å². The van der Waals surface area contributed by atoms with Crippen LogP contribution in [0.4, 0.5) is 0 Å². The first-order valence-corrected chi connectivity index (χ1v) is 6.05. The highest BCUT2D eigenvalue weighted by molar-refractivity contribution is 5.38. The third-order valence-electron chi connectivity index (χ3n) is 2.87. The van der Waals surface area contributed by atoms with Crippen LogP contribution in [0.3, 0.4) is 0 Å². The summed E-state index contributed by atoms with van der Waals surface area (Å²) in [5.74, 6) is 1.03. The normalized spacial score (nSPS) is 10.1. The van der Waals surface area contributed by atoms with Gasteiger partial charge in [-0.3, -0.25) is 0 Å². The molecule has 16 heavy (non-hydrogen) atoms. The standard InChI is InChI=1S/C15H22O/c1-4-5-6-7-8-12-16-15-11-9-10-13(2)14(15)3/h4,9-11H,1,5-8,12H2,2-3H3. The lowest BCUT2D eigenvalue weighted by atomic mass is 10.1. The van der Waals surface area contributed by atoms with E-state index in [1.807, 2.05) is 12.1 Å². The van der Waals surface area contributed by atoms with Crippen molar-refractivity contribution >= 4 is 0 Å². The van der Waals surface area contributed by atoms with Gasteiger partial charge in [-0.1, -0.05) is 18.2 Å². The van der Waals surface area contributed by atoms with Gasteiger partial charge in [-0.2, -0.15) is 0 Å². The highest BCUT2D eigenvalue weighted by atomic mass is 16.5. The maximum absolute atomic E-state index is 5.77. The molecule has 1 aromatic carbocycles. The second kappa shape index (κ2) is 7.10. The number of rotatable bonds is 7. The number of aryl methyl sites for hydroxylation is 1. The molecule has 0 radical (unpaired) electrons. The molecule has 0 spiro atoms. The lowest BCUT2D eigenvalue weighted by Crippen LogP contribution is -1.99. The summed E-state index contributed by atoms with van der Waals surface area (Å²) in [7, 11) is 0. The van der Waals surface area contributed by atoms with Crippen molar-refractivity contribution in [2.45, 2.75) is 39.5 Å². The molecule has 1 nitrogen and oxygen atoms in total. The lowest BCUT2D eigenvalue weighted by molar-refractivity contribution is 0.303. The number of hydrogen-bond donors (Lipinski definition) is 0. The van der Waals surface area contributed by atoms with E-state index in [1.165, 1.54) is 24.0 Å². The zero-order valence-corrected chi connectivity index (χ0v) is 10.5. The van der Waals surface area contributed by atoms with E-state index in [1.54, 1.807) is 0 Å². The number of benzene rings is 1. The van der Waals surface area contributed by atoms with Crippen LogP contribution in [0.25, 0.3) is 0 Å². The van der Waals surface area contributed by atoms with E-state index >= 15 is 0 Å². The maximum Gasteiger partial charge on any atom is 0.122 e. The molecule has 0 amide bonds. The summed E-state index contributed by atoms with van der Waals surface area (Å²) in [4.78, 5) is 0. The van der Waals surface area contributed by atoms with Gasteiger partial charge in [-0.05, 0) is 56.7 Å². The van der Waals surface area contributed by atoms with E-state index in [0.717, 1.165) is 25.2 Å². The smallest absolute Gasteiger partial charge is 0.122 e. The molecule has 0 N–H and O–H groups in total. The first-order valence-electron chi connectivity index (χ1n) is 6.05. The van der Waals surface area contributed by atoms with Crippen molar-refractivity contribution in [3.05, 3.63) is 42.0 Å². The van der Waals surface area contributed by atoms with Crippen LogP contribution in [0.15, 0.2) is 30.9 Å². The van der Waals surface area contributed by atoms with Gasteiger partial charge in [-0.15, -0.1) is 6.58 Å². The van der Waals surface area contributed by atoms with Crippen LogP contribution in [0.1, 0.15) is 36.8 Å². The van der Waals surface area contributed by atoms with Crippen LogP contribution in [-0.2, 0) is 0 Å². The molecule has 0 aliphatic rings. The minimum Gasteiger partial charge on any atom is -0.493 e. The Labute approximate surface area is 99.1 Å². The molecule has 0 aliphatic carbocycles. The summed E-state index contributed by atoms with van der Waals surface area (Å²) in [6.07, 6.45) is 6.66. The van der Waals surface area contributed by atoms with Crippen molar-refractivity contribution in [2.75, 3.05) is 6.61 Å². The fourth-order valence-electron chi connectivity index (χ4n) is 1.63. The molecule has 88 valence electrons. The average Bonchev–Trinajstić information content (AvgIpc) is 2.29. The molecule has 1 rings (SSSR count). The maximum atomic E-state index is 5.77. The van der Waals surface area contributed by atoms with Crippen LogP contribution in [-0.4, -0.2) is 6.61 Å². The summed E-state index contributed by atoms with van der Waals surface area (Å²) in [5, 5.41) is 0. The van der Waals surface area contributed by atoms with Crippen LogP contribution in [0.2, 0.25) is 0 Å². The minimum atomic E-state index is 0.821. The molecule has 0 fully saturated rings. The Hall–Kier alpha value is -1.24. The molecular formula is C15H22O. The third kappa shape index (κ3) is 4.09. The summed E-state index contributed by atoms with van der Waals surface area (Å²) in [5.41, 5.74) is 2.55. The topological polar surface area (TPSA) is 9.23 Å². The van der Waals surface area contributed by atoms with E-state index < -0.39 is 0 Å². The quantitative estimate of drug-likeness (QED) is 0.486. The van der Waals surface area contributed by atoms with Crippen molar-refractivity contribution in [1.29, 1.82) is 0 Å². The molecular weight excluding hydrogens is 196 g/mol. The summed E-state index contributed by atoms with van der Waals surface area (Å²) < 4.78 is 5.77. The van der Waals surface area contributed by atoms with Crippen LogP contribution < -0.4 is 4.74 Å². The van der Waals surface area contributed by atoms with Gasteiger partial charge in [0, 0.05) is 0 Å². The Morgan fingerprint density at radius 3 is 2.75 bits per heavy atom. The average molecular weight is 218 g/mol. The van der Waals surface area contributed by atoms with Gasteiger partial charge in [0.15, 0.2) is 0 Å². The number of allylic oxidation sites excluding steroid dienone is 1. The molecule has 0 atom stereocenters. The number of unbranched alkanes of at least 4 members (excludes halogenated alkanes) is 3. The fourth-order valence-corrected chi connectivity index (χ4v) is 1.63. The van der Waals surface area contributed by atoms with Gasteiger partial charge in [0.1, 0.15) is 5.75 Å². The third-order valence-corrected chi connectivity index (χ3v) is 2.87. The largest absolute Gasteiger partial charge is 0.493 e. The van der Waals surface area contributed by atoms with Gasteiger partial charge in [0.05, 0.1) is 6.61 Å². The van der Waals surface area contributed by atoms with Gasteiger partial charge in [0.25, 0.3) is 0 Å². The fraction of sp³-hybridized carbons (Fsp3) is 0.467. The van der Waals surface area contributed by atoms with E-state index in [2.05, 4.69) is 32.6 Å². The molecule has 0 saturated carbocycles. The molecule has 0 heterocycles. The SMILES string of the molecule is C=CCCCCCOc1cccc(C)c1C. The number of hydrogen-bond acceptors (Lipinski definition) is 1. The van der Waals surface area contributed by atoms with Crippen LogP contribution in [0.5, 0.6) is 5.75 Å². The zero-order valence-electron chi connectivity index (χ0n) is 10.5. The monoisotopic (exact) mass is 218 g/mol. The Morgan fingerprint density at radius 2 is 2.00 bits per heavy atom. The Bertz CT molecular complexity index is 328. The first-order chi connectivity index (χ1) is 7.75. The predicted octanol–water partition coefficient (Wildman–Crippen LogP) is 4.43. The molecule has 0 bridgehead atoms. The van der Waals surface area contributed by atoms with Crippen molar-refractivity contribution in [1.82, 2.24) is 0 Å². The van der Waals surface area contributed by atoms with E-state index in [-0.39, 0.29) is 0 Å². The zero-order chi connectivity index (χ0) is 11.8. The van der Waals surface area contributed by atoms with Crippen molar-refractivity contribution in [2.24, 2.45) is 0 Å². The van der Waals surface area contributed by atoms with E-state index in [4.69, 9.17) is 4.74 Å². The molecule has 1 aromatic rings. The second-order valence-corrected chi connectivity index (χ2v) is 4.18. The van der Waals surface area contributed by atoms with Gasteiger partial charge >= 0.3 is 0 Å². The first kappa shape index (κ1) is 12.8. The summed E-state index contributed by atoms with van der Waals surface area (Å²) in [6, 6.07) is 6.22.